The van der Waals surface area contributed by atoms with Gasteiger partial charge in [-0.2, -0.15) is 0 Å². The lowest BCUT2D eigenvalue weighted by atomic mass is 9.27. The molecule has 0 bridgehead atoms. The minimum absolute atomic E-state index is 0.399. The highest BCUT2D eigenvalue weighted by molar-refractivity contribution is 5.21. The molecule has 0 spiro atoms. The molecular formula is C45H82. The van der Waals surface area contributed by atoms with Crippen LogP contribution in [0.3, 0.4) is 0 Å². The van der Waals surface area contributed by atoms with E-state index in [9.17, 15) is 0 Å². The summed E-state index contributed by atoms with van der Waals surface area (Å²) in [4.78, 5) is 0. The van der Waals surface area contributed by atoms with Crippen molar-refractivity contribution in [1.82, 2.24) is 0 Å². The Morgan fingerprint density at radius 2 is 1.38 bits per heavy atom. The van der Waals surface area contributed by atoms with Crippen molar-refractivity contribution in [3.8, 4) is 0 Å². The fourth-order valence-electron chi connectivity index (χ4n) is 16.6. The molecule has 0 radical (unpaired) electrons. The first-order valence-electron chi connectivity index (χ1n) is 20.7. The van der Waals surface area contributed by atoms with Crippen molar-refractivity contribution < 1.29 is 0 Å². The van der Waals surface area contributed by atoms with E-state index < -0.39 is 0 Å². The third kappa shape index (κ3) is 5.48. The average Bonchev–Trinajstić information content (AvgIpc) is 2.92. The molecule has 5 aliphatic rings. The Labute approximate surface area is 284 Å². The molecular weight excluding hydrogens is 540 g/mol. The van der Waals surface area contributed by atoms with Crippen LogP contribution in [0.15, 0.2) is 0 Å². The van der Waals surface area contributed by atoms with Crippen LogP contribution in [0.2, 0.25) is 0 Å². The van der Waals surface area contributed by atoms with Gasteiger partial charge in [-0.25, -0.2) is 0 Å². The van der Waals surface area contributed by atoms with E-state index in [2.05, 4.69) is 111 Å². The van der Waals surface area contributed by atoms with Gasteiger partial charge in [0.25, 0.3) is 0 Å². The molecule has 5 fully saturated rings. The first-order valence-corrected chi connectivity index (χ1v) is 20.7. The Morgan fingerprint density at radius 3 is 1.98 bits per heavy atom. The van der Waals surface area contributed by atoms with Crippen LogP contribution < -0.4 is 0 Å². The molecule has 0 aliphatic heterocycles. The summed E-state index contributed by atoms with van der Waals surface area (Å²) in [7, 11) is 0. The summed E-state index contributed by atoms with van der Waals surface area (Å²) >= 11 is 0. The van der Waals surface area contributed by atoms with Gasteiger partial charge >= 0.3 is 0 Å². The Morgan fingerprint density at radius 1 is 0.733 bits per heavy atom. The summed E-state index contributed by atoms with van der Waals surface area (Å²) in [6.07, 6.45) is 13.3. The van der Waals surface area contributed by atoms with Crippen LogP contribution in [0.5, 0.6) is 0 Å². The Bertz CT molecular complexity index is 1020. The summed E-state index contributed by atoms with van der Waals surface area (Å²) in [5, 5.41) is 0. The van der Waals surface area contributed by atoms with Crippen molar-refractivity contribution >= 4 is 0 Å². The monoisotopic (exact) mass is 623 g/mol. The molecule has 0 aromatic carbocycles. The SMILES string of the molecule is CC1CCC(CC(C)CC2C3(C)C(C)C4CCCC(C)C4C(C)C3C(C)C3(C)C(C)C(C(C)C)C(C)CC23C)C(C(C)(C)C)C1. The van der Waals surface area contributed by atoms with Crippen LogP contribution in [0, 0.1) is 116 Å². The Balaban J connectivity index is 1.59. The van der Waals surface area contributed by atoms with Crippen LogP contribution in [-0.2, 0) is 0 Å². The van der Waals surface area contributed by atoms with Gasteiger partial charge in [-0.1, -0.05) is 130 Å². The summed E-state index contributed by atoms with van der Waals surface area (Å²) < 4.78 is 0. The molecule has 0 nitrogen and oxygen atoms in total. The van der Waals surface area contributed by atoms with E-state index in [1.165, 1.54) is 57.8 Å². The highest BCUT2D eigenvalue weighted by Crippen LogP contribution is 2.78. The first kappa shape index (κ1) is 36.3. The van der Waals surface area contributed by atoms with E-state index in [0.29, 0.717) is 21.7 Å². The molecule has 18 unspecified atom stereocenters. The molecule has 0 aromatic heterocycles. The highest BCUT2D eigenvalue weighted by atomic mass is 14.8. The van der Waals surface area contributed by atoms with Crippen molar-refractivity contribution in [3.63, 3.8) is 0 Å². The fourth-order valence-corrected chi connectivity index (χ4v) is 16.6. The van der Waals surface area contributed by atoms with E-state index >= 15 is 0 Å². The predicted molar refractivity (Wildman–Crippen MR) is 198 cm³/mol. The average molecular weight is 623 g/mol. The molecule has 0 amide bonds. The van der Waals surface area contributed by atoms with E-state index in [1.807, 2.05) is 0 Å². The normalized spacial score (nSPS) is 54.6. The molecule has 5 rings (SSSR count). The van der Waals surface area contributed by atoms with Gasteiger partial charge in [0, 0.05) is 0 Å². The Hall–Kier alpha value is 0. The molecule has 0 saturated heterocycles. The second-order valence-electron chi connectivity index (χ2n) is 21.7. The topological polar surface area (TPSA) is 0 Å². The third-order valence-corrected chi connectivity index (χ3v) is 18.5. The minimum Gasteiger partial charge on any atom is -0.0625 e. The molecule has 0 N–H and O–H groups in total. The summed E-state index contributed by atoms with van der Waals surface area (Å²) in [5.74, 6) is 13.8. The van der Waals surface area contributed by atoms with Gasteiger partial charge < -0.3 is 0 Å². The van der Waals surface area contributed by atoms with Crippen LogP contribution >= 0.6 is 0 Å². The Kier molecular flexibility index (Phi) is 10.00. The standard InChI is InChI=1S/C45H82/c1-26(2)39-30(6)25-43(14)38(24-28(4)22-35-21-20-27(3)23-37(35)42(11,12)13)44(15)32(8)36-19-17-18-29(5)40(36)31(7)41(44)34(10)45(43,16)33(39)9/h26-41H,17-25H2,1-16H3. The third-order valence-electron chi connectivity index (χ3n) is 18.5. The molecule has 5 saturated carbocycles. The molecule has 0 aromatic rings. The lowest BCUT2D eigenvalue weighted by Gasteiger charge is -2.77. The van der Waals surface area contributed by atoms with Gasteiger partial charge in [0.2, 0.25) is 0 Å². The maximum absolute atomic E-state index is 2.91. The quantitative estimate of drug-likeness (QED) is 0.286. The predicted octanol–water partition coefficient (Wildman–Crippen LogP) is 13.7. The van der Waals surface area contributed by atoms with Gasteiger partial charge in [-0.05, 0) is 155 Å². The zero-order chi connectivity index (χ0) is 33.6. The van der Waals surface area contributed by atoms with Gasteiger partial charge in [-0.15, -0.1) is 0 Å². The van der Waals surface area contributed by atoms with Gasteiger partial charge in [0.15, 0.2) is 0 Å². The molecule has 45 heavy (non-hydrogen) atoms. The number of fused-ring (bicyclic) bond motifs is 3. The number of rotatable bonds is 5. The minimum atomic E-state index is 0.399. The molecule has 262 valence electrons. The molecule has 0 heterocycles. The van der Waals surface area contributed by atoms with E-state index in [4.69, 9.17) is 0 Å². The van der Waals surface area contributed by atoms with Crippen molar-refractivity contribution in [3.05, 3.63) is 0 Å². The maximum atomic E-state index is 2.91. The molecule has 18 atom stereocenters. The van der Waals surface area contributed by atoms with Crippen LogP contribution in [0.1, 0.15) is 169 Å². The number of hydrogen-bond acceptors (Lipinski definition) is 0. The zero-order valence-corrected chi connectivity index (χ0v) is 33.6. The van der Waals surface area contributed by atoms with Crippen molar-refractivity contribution in [1.29, 1.82) is 0 Å². The van der Waals surface area contributed by atoms with Crippen molar-refractivity contribution in [2.24, 2.45) is 116 Å². The maximum Gasteiger partial charge on any atom is -0.0212 e. The lowest BCUT2D eigenvalue weighted by Crippen LogP contribution is -2.72. The summed E-state index contributed by atoms with van der Waals surface area (Å²) in [6, 6.07) is 0. The zero-order valence-electron chi connectivity index (χ0n) is 33.6. The van der Waals surface area contributed by atoms with Gasteiger partial charge in [0.05, 0.1) is 0 Å². The largest absolute Gasteiger partial charge is 0.0625 e. The van der Waals surface area contributed by atoms with Gasteiger partial charge in [0.1, 0.15) is 0 Å². The molecule has 0 heteroatoms. The second kappa shape index (κ2) is 12.4. The molecule has 5 aliphatic carbocycles. The highest BCUT2D eigenvalue weighted by Gasteiger charge is 2.73. The summed E-state index contributed by atoms with van der Waals surface area (Å²) in [5.41, 5.74) is 1.67. The van der Waals surface area contributed by atoms with Crippen molar-refractivity contribution in [2.45, 2.75) is 169 Å². The van der Waals surface area contributed by atoms with Crippen LogP contribution in [-0.4, -0.2) is 0 Å². The van der Waals surface area contributed by atoms with Crippen LogP contribution in [0.25, 0.3) is 0 Å². The van der Waals surface area contributed by atoms with Crippen LogP contribution in [0.4, 0.5) is 0 Å². The second-order valence-corrected chi connectivity index (χ2v) is 21.7. The summed E-state index contributed by atoms with van der Waals surface area (Å²) in [6.45, 7) is 43.2. The van der Waals surface area contributed by atoms with Gasteiger partial charge in [-0.3, -0.25) is 0 Å². The fraction of sp³-hybridized carbons (Fsp3) is 1.00. The lowest BCUT2D eigenvalue weighted by molar-refractivity contribution is -0.297. The van der Waals surface area contributed by atoms with Crippen molar-refractivity contribution in [2.75, 3.05) is 0 Å². The number of hydrogen-bond donors (Lipinski definition) is 0. The smallest absolute Gasteiger partial charge is 0.0212 e. The van der Waals surface area contributed by atoms with E-state index in [-0.39, 0.29) is 0 Å². The van der Waals surface area contributed by atoms with E-state index in [0.717, 1.165) is 94.7 Å². The first-order chi connectivity index (χ1) is 20.7. The van der Waals surface area contributed by atoms with E-state index in [1.54, 1.807) is 0 Å².